The second-order valence-electron chi connectivity index (χ2n) is 10.3. The molecule has 3 aromatic carbocycles. The molecule has 0 spiro atoms. The van der Waals surface area contributed by atoms with E-state index >= 15 is 0 Å². The first-order valence-electron chi connectivity index (χ1n) is 14.8. The van der Waals surface area contributed by atoms with E-state index in [1.807, 2.05) is 71.5 Å². The topological polar surface area (TPSA) is 49.2 Å². The first kappa shape index (κ1) is 28.2. The number of hydrogen-bond acceptors (Lipinski definition) is 4. The number of hydrogen-bond donors (Lipinski definition) is 0. The molecule has 0 N–H and O–H groups in total. The van der Waals surface area contributed by atoms with Gasteiger partial charge in [0.05, 0.1) is 11.4 Å². The standard InChI is InChI=1S/C36H39N3O2/c1-2-3-4-5-6-13-20-32-26-33(39(38-32)36-21-14-15-24-37-36)31-22-23-34(40-27-29-16-9-7-10-17-29)35(25-31)41-28-30-18-11-8-12-19-30/h7-12,14-19,21-26H,2-6,13,20,27-28H2,1H3. The Bertz CT molecular complexity index is 1470. The van der Waals surface area contributed by atoms with Crippen molar-refractivity contribution < 1.29 is 9.47 Å². The molecule has 5 nitrogen and oxygen atoms in total. The summed E-state index contributed by atoms with van der Waals surface area (Å²) in [5, 5.41) is 4.99. The number of aryl methyl sites for hydroxylation is 1. The Morgan fingerprint density at radius 2 is 1.29 bits per heavy atom. The molecule has 0 saturated heterocycles. The minimum Gasteiger partial charge on any atom is -0.485 e. The molecule has 0 radical (unpaired) electrons. The Hall–Kier alpha value is -4.38. The van der Waals surface area contributed by atoms with Gasteiger partial charge in [-0.05, 0) is 60.4 Å². The van der Waals surface area contributed by atoms with Gasteiger partial charge in [-0.3, -0.25) is 0 Å². The van der Waals surface area contributed by atoms with Crippen molar-refractivity contribution in [3.05, 3.63) is 126 Å². The molecule has 0 aliphatic heterocycles. The summed E-state index contributed by atoms with van der Waals surface area (Å²) in [6, 6.07) is 34.7. The maximum Gasteiger partial charge on any atom is 0.162 e. The van der Waals surface area contributed by atoms with Gasteiger partial charge in [-0.25, -0.2) is 9.67 Å². The van der Waals surface area contributed by atoms with Crippen LogP contribution in [0.3, 0.4) is 0 Å². The lowest BCUT2D eigenvalue weighted by atomic mass is 10.1. The lowest BCUT2D eigenvalue weighted by molar-refractivity contribution is 0.256. The number of pyridine rings is 1. The van der Waals surface area contributed by atoms with E-state index in [0.717, 1.165) is 46.7 Å². The fraction of sp³-hybridized carbons (Fsp3) is 0.278. The Morgan fingerprint density at radius 1 is 0.634 bits per heavy atom. The molecule has 2 aromatic heterocycles. The molecule has 210 valence electrons. The largest absolute Gasteiger partial charge is 0.485 e. The SMILES string of the molecule is CCCCCCCCc1cc(-c2ccc(OCc3ccccc3)c(OCc3ccccc3)c2)n(-c2ccccn2)n1. The maximum absolute atomic E-state index is 6.37. The Kier molecular flexibility index (Phi) is 10.2. The minimum atomic E-state index is 0.453. The van der Waals surface area contributed by atoms with Gasteiger partial charge < -0.3 is 9.47 Å². The predicted molar refractivity (Wildman–Crippen MR) is 165 cm³/mol. The third kappa shape index (κ3) is 8.07. The van der Waals surface area contributed by atoms with Crippen molar-refractivity contribution in [2.75, 3.05) is 0 Å². The van der Waals surface area contributed by atoms with Gasteiger partial charge in [-0.2, -0.15) is 5.10 Å². The Balaban J connectivity index is 1.42. The summed E-state index contributed by atoms with van der Waals surface area (Å²) in [5.74, 6) is 2.21. The van der Waals surface area contributed by atoms with Gasteiger partial charge in [0.15, 0.2) is 17.3 Å². The highest BCUT2D eigenvalue weighted by Crippen LogP contribution is 2.35. The van der Waals surface area contributed by atoms with Crippen LogP contribution in [-0.2, 0) is 19.6 Å². The van der Waals surface area contributed by atoms with Crippen LogP contribution in [0.15, 0.2) is 109 Å². The third-order valence-electron chi connectivity index (χ3n) is 7.13. The lowest BCUT2D eigenvalue weighted by Crippen LogP contribution is -2.03. The summed E-state index contributed by atoms with van der Waals surface area (Å²) < 4.78 is 14.6. The van der Waals surface area contributed by atoms with Gasteiger partial charge >= 0.3 is 0 Å². The maximum atomic E-state index is 6.37. The van der Waals surface area contributed by atoms with Crippen molar-refractivity contribution >= 4 is 0 Å². The molecule has 5 rings (SSSR count). The molecular formula is C36H39N3O2. The van der Waals surface area contributed by atoms with Crippen molar-refractivity contribution in [3.63, 3.8) is 0 Å². The van der Waals surface area contributed by atoms with Gasteiger partial charge in [0.2, 0.25) is 0 Å². The third-order valence-corrected chi connectivity index (χ3v) is 7.13. The molecule has 41 heavy (non-hydrogen) atoms. The van der Waals surface area contributed by atoms with E-state index in [4.69, 9.17) is 14.6 Å². The number of unbranched alkanes of at least 4 members (excludes halogenated alkanes) is 5. The molecule has 0 aliphatic rings. The second-order valence-corrected chi connectivity index (χ2v) is 10.3. The highest BCUT2D eigenvalue weighted by Gasteiger charge is 2.16. The molecule has 5 heteroatoms. The molecule has 0 aliphatic carbocycles. The van der Waals surface area contributed by atoms with Gasteiger partial charge in [0, 0.05) is 11.8 Å². The van der Waals surface area contributed by atoms with Crippen LogP contribution in [0.2, 0.25) is 0 Å². The number of benzene rings is 3. The summed E-state index contributed by atoms with van der Waals surface area (Å²) >= 11 is 0. The quantitative estimate of drug-likeness (QED) is 0.123. The predicted octanol–water partition coefficient (Wildman–Crippen LogP) is 9.00. The van der Waals surface area contributed by atoms with Crippen molar-refractivity contribution in [2.45, 2.75) is 65.1 Å². The zero-order valence-corrected chi connectivity index (χ0v) is 23.9. The highest BCUT2D eigenvalue weighted by atomic mass is 16.5. The summed E-state index contributed by atoms with van der Waals surface area (Å²) in [7, 11) is 0. The van der Waals surface area contributed by atoms with E-state index in [0.29, 0.717) is 24.7 Å². The van der Waals surface area contributed by atoms with Crippen LogP contribution in [0.4, 0.5) is 0 Å². The van der Waals surface area contributed by atoms with Crippen LogP contribution in [0, 0.1) is 0 Å². The molecule has 0 saturated carbocycles. The van der Waals surface area contributed by atoms with E-state index in [1.165, 1.54) is 32.1 Å². The van der Waals surface area contributed by atoms with E-state index in [9.17, 15) is 0 Å². The number of rotatable bonds is 15. The zero-order valence-electron chi connectivity index (χ0n) is 23.9. The number of aromatic nitrogens is 3. The average molecular weight is 546 g/mol. The van der Waals surface area contributed by atoms with Crippen molar-refractivity contribution in [1.29, 1.82) is 0 Å². The zero-order chi connectivity index (χ0) is 28.1. The smallest absolute Gasteiger partial charge is 0.162 e. The fourth-order valence-electron chi connectivity index (χ4n) is 4.87. The first-order valence-corrected chi connectivity index (χ1v) is 14.8. The summed E-state index contributed by atoms with van der Waals surface area (Å²) in [6.45, 7) is 3.18. The summed E-state index contributed by atoms with van der Waals surface area (Å²) in [4.78, 5) is 4.60. The summed E-state index contributed by atoms with van der Waals surface area (Å²) in [6.07, 6.45) is 10.3. The normalized spacial score (nSPS) is 11.0. The van der Waals surface area contributed by atoms with E-state index in [1.54, 1.807) is 0 Å². The molecule has 0 amide bonds. The van der Waals surface area contributed by atoms with Crippen LogP contribution in [0.5, 0.6) is 11.5 Å². The lowest BCUT2D eigenvalue weighted by Gasteiger charge is -2.15. The Morgan fingerprint density at radius 3 is 1.98 bits per heavy atom. The van der Waals surface area contributed by atoms with Crippen LogP contribution in [0.1, 0.15) is 62.3 Å². The van der Waals surface area contributed by atoms with Gasteiger partial charge in [-0.1, -0.05) is 106 Å². The van der Waals surface area contributed by atoms with Crippen LogP contribution < -0.4 is 9.47 Å². The first-order chi connectivity index (χ1) is 20.3. The average Bonchev–Trinajstić information content (AvgIpc) is 3.46. The summed E-state index contributed by atoms with van der Waals surface area (Å²) in [5.41, 5.74) is 5.29. The van der Waals surface area contributed by atoms with Crippen molar-refractivity contribution in [3.8, 4) is 28.6 Å². The Labute approximate surface area is 243 Å². The van der Waals surface area contributed by atoms with Crippen LogP contribution in [-0.4, -0.2) is 14.8 Å². The van der Waals surface area contributed by atoms with E-state index < -0.39 is 0 Å². The molecule has 0 unspecified atom stereocenters. The second kappa shape index (κ2) is 14.8. The van der Waals surface area contributed by atoms with Gasteiger partial charge in [0.25, 0.3) is 0 Å². The molecule has 2 heterocycles. The van der Waals surface area contributed by atoms with Crippen LogP contribution in [0.25, 0.3) is 17.1 Å². The molecular weight excluding hydrogens is 506 g/mol. The molecule has 0 bridgehead atoms. The monoisotopic (exact) mass is 545 g/mol. The fourth-order valence-corrected chi connectivity index (χ4v) is 4.87. The van der Waals surface area contributed by atoms with E-state index in [-0.39, 0.29) is 0 Å². The number of ether oxygens (including phenoxy) is 2. The van der Waals surface area contributed by atoms with Gasteiger partial charge in [0.1, 0.15) is 13.2 Å². The van der Waals surface area contributed by atoms with E-state index in [2.05, 4.69) is 54.4 Å². The minimum absolute atomic E-state index is 0.453. The molecule has 0 fully saturated rings. The number of nitrogens with zero attached hydrogens (tertiary/aromatic N) is 3. The van der Waals surface area contributed by atoms with Crippen LogP contribution >= 0.6 is 0 Å². The molecule has 0 atom stereocenters. The van der Waals surface area contributed by atoms with Crippen molar-refractivity contribution in [1.82, 2.24) is 14.8 Å². The highest BCUT2D eigenvalue weighted by molar-refractivity contribution is 5.66. The van der Waals surface area contributed by atoms with Gasteiger partial charge in [-0.15, -0.1) is 0 Å². The molecule has 5 aromatic rings. The van der Waals surface area contributed by atoms with Crippen molar-refractivity contribution in [2.24, 2.45) is 0 Å².